The summed E-state index contributed by atoms with van der Waals surface area (Å²) in [5, 5.41) is 8.65. The molecule has 3 nitrogen and oxygen atoms in total. The van der Waals surface area contributed by atoms with Crippen LogP contribution in [0.5, 0.6) is 5.75 Å². The largest absolute Gasteiger partial charge is 0.497 e. The third kappa shape index (κ3) is 2.29. The Morgan fingerprint density at radius 1 is 1.47 bits per heavy atom. The number of hydrogen-bond donors (Lipinski definition) is 1. The zero-order valence-corrected chi connectivity index (χ0v) is 8.64. The Bertz CT molecular complexity index is 356. The lowest BCUT2D eigenvalue weighted by Gasteiger charge is -2.02. The van der Waals surface area contributed by atoms with Gasteiger partial charge in [-0.25, -0.2) is 0 Å². The van der Waals surface area contributed by atoms with Crippen molar-refractivity contribution in [3.8, 4) is 5.75 Å². The first-order valence-corrected chi connectivity index (χ1v) is 5.06. The molecule has 2 atom stereocenters. The number of methoxy groups -OCH3 is 1. The summed E-state index contributed by atoms with van der Waals surface area (Å²) in [4.78, 5) is 10.5. The Labute approximate surface area is 88.7 Å². The maximum atomic E-state index is 10.5. The molecule has 3 heteroatoms. The summed E-state index contributed by atoms with van der Waals surface area (Å²) in [5.74, 6) is 0.910. The number of ether oxygens (including phenoxy) is 1. The van der Waals surface area contributed by atoms with E-state index in [0.29, 0.717) is 11.8 Å². The molecule has 15 heavy (non-hydrogen) atoms. The lowest BCUT2D eigenvalue weighted by molar-refractivity contribution is -0.137. The van der Waals surface area contributed by atoms with Gasteiger partial charge in [0.2, 0.25) is 0 Å². The predicted molar refractivity (Wildman–Crippen MR) is 56.1 cm³/mol. The van der Waals surface area contributed by atoms with E-state index in [9.17, 15) is 4.79 Å². The molecule has 80 valence electrons. The highest BCUT2D eigenvalue weighted by molar-refractivity contribution is 5.67. The number of benzene rings is 1. The second kappa shape index (κ2) is 3.93. The third-order valence-electron chi connectivity index (χ3n) is 2.90. The van der Waals surface area contributed by atoms with Gasteiger partial charge < -0.3 is 9.84 Å². The number of aliphatic carboxylic acids is 1. The van der Waals surface area contributed by atoms with Crippen LogP contribution in [0.3, 0.4) is 0 Å². The number of carboxylic acids is 1. The molecule has 1 aromatic carbocycles. The smallest absolute Gasteiger partial charge is 0.303 e. The van der Waals surface area contributed by atoms with E-state index in [4.69, 9.17) is 9.84 Å². The number of carbonyl (C=O) groups is 1. The normalized spacial score (nSPS) is 23.5. The van der Waals surface area contributed by atoms with Gasteiger partial charge in [-0.1, -0.05) is 12.1 Å². The molecule has 1 aliphatic rings. The summed E-state index contributed by atoms with van der Waals surface area (Å²) >= 11 is 0. The molecule has 2 rings (SSSR count). The first-order valence-electron chi connectivity index (χ1n) is 5.06. The van der Waals surface area contributed by atoms with Crippen molar-refractivity contribution < 1.29 is 14.6 Å². The lowest BCUT2D eigenvalue weighted by atomic mass is 10.1. The monoisotopic (exact) mass is 206 g/mol. The topological polar surface area (TPSA) is 46.5 Å². The van der Waals surface area contributed by atoms with Crippen LogP contribution in [0, 0.1) is 5.92 Å². The van der Waals surface area contributed by atoms with Gasteiger partial charge >= 0.3 is 5.97 Å². The third-order valence-corrected chi connectivity index (χ3v) is 2.90. The predicted octanol–water partition coefficient (Wildman–Crippen LogP) is 2.27. The summed E-state index contributed by atoms with van der Waals surface area (Å²) in [6, 6.07) is 7.88. The molecule has 0 bridgehead atoms. The van der Waals surface area contributed by atoms with Gasteiger partial charge in [0, 0.05) is 6.42 Å². The van der Waals surface area contributed by atoms with E-state index in [-0.39, 0.29) is 6.42 Å². The molecule has 0 amide bonds. The van der Waals surface area contributed by atoms with Crippen molar-refractivity contribution in [2.45, 2.75) is 18.8 Å². The van der Waals surface area contributed by atoms with E-state index >= 15 is 0 Å². The van der Waals surface area contributed by atoms with Gasteiger partial charge in [-0.3, -0.25) is 4.79 Å². The van der Waals surface area contributed by atoms with Gasteiger partial charge in [0.1, 0.15) is 5.75 Å². The molecular formula is C12H14O3. The lowest BCUT2D eigenvalue weighted by Crippen LogP contribution is -1.96. The first kappa shape index (κ1) is 10.0. The van der Waals surface area contributed by atoms with Crippen molar-refractivity contribution in [3.05, 3.63) is 29.8 Å². The fourth-order valence-electron chi connectivity index (χ4n) is 1.96. The van der Waals surface area contributed by atoms with Crippen molar-refractivity contribution in [2.24, 2.45) is 5.92 Å². The van der Waals surface area contributed by atoms with E-state index in [0.717, 1.165) is 12.2 Å². The minimum atomic E-state index is -0.698. The van der Waals surface area contributed by atoms with E-state index in [1.54, 1.807) is 7.11 Å². The second-order valence-corrected chi connectivity index (χ2v) is 3.97. The molecule has 1 aromatic rings. The molecule has 1 fully saturated rings. The number of rotatable bonds is 4. The molecule has 1 N–H and O–H groups in total. The van der Waals surface area contributed by atoms with E-state index in [1.807, 2.05) is 24.3 Å². The zero-order valence-electron chi connectivity index (χ0n) is 8.64. The molecule has 0 unspecified atom stereocenters. The van der Waals surface area contributed by atoms with Crippen LogP contribution < -0.4 is 4.74 Å². The second-order valence-electron chi connectivity index (χ2n) is 3.97. The van der Waals surface area contributed by atoms with Crippen LogP contribution in [-0.2, 0) is 4.79 Å². The molecule has 1 aliphatic carbocycles. The summed E-state index contributed by atoms with van der Waals surface area (Å²) in [5.41, 5.74) is 1.22. The van der Waals surface area contributed by atoms with Crippen molar-refractivity contribution in [3.63, 3.8) is 0 Å². The van der Waals surface area contributed by atoms with Crippen molar-refractivity contribution in [1.29, 1.82) is 0 Å². The minimum absolute atomic E-state index is 0.288. The Balaban J connectivity index is 1.97. The van der Waals surface area contributed by atoms with Crippen LogP contribution in [0.15, 0.2) is 24.3 Å². The summed E-state index contributed by atoms with van der Waals surface area (Å²) < 4.78 is 5.07. The fraction of sp³-hybridized carbons (Fsp3) is 0.417. The average Bonchev–Trinajstić information content (AvgIpc) is 2.96. The fourth-order valence-corrected chi connectivity index (χ4v) is 1.96. The van der Waals surface area contributed by atoms with Crippen LogP contribution in [0.4, 0.5) is 0 Å². The highest BCUT2D eigenvalue weighted by atomic mass is 16.5. The van der Waals surface area contributed by atoms with E-state index in [1.165, 1.54) is 5.56 Å². The highest BCUT2D eigenvalue weighted by Crippen LogP contribution is 2.49. The van der Waals surface area contributed by atoms with E-state index < -0.39 is 5.97 Å². The molecular weight excluding hydrogens is 192 g/mol. The summed E-state index contributed by atoms with van der Waals surface area (Å²) in [7, 11) is 1.64. The molecule has 0 aliphatic heterocycles. The molecule has 0 spiro atoms. The van der Waals surface area contributed by atoms with Gasteiger partial charge in [-0.15, -0.1) is 0 Å². The van der Waals surface area contributed by atoms with Crippen molar-refractivity contribution >= 4 is 5.97 Å². The van der Waals surface area contributed by atoms with Gasteiger partial charge in [0.25, 0.3) is 0 Å². The quantitative estimate of drug-likeness (QED) is 0.822. The van der Waals surface area contributed by atoms with E-state index in [2.05, 4.69) is 0 Å². The van der Waals surface area contributed by atoms with Gasteiger partial charge in [0.05, 0.1) is 7.11 Å². The SMILES string of the molecule is COc1ccc([C@@H]2C[C@H]2CC(=O)O)cc1. The molecule has 0 aromatic heterocycles. The maximum Gasteiger partial charge on any atom is 0.303 e. The molecule has 1 saturated carbocycles. The Morgan fingerprint density at radius 2 is 2.13 bits per heavy atom. The van der Waals surface area contributed by atoms with Crippen LogP contribution in [-0.4, -0.2) is 18.2 Å². The highest BCUT2D eigenvalue weighted by Gasteiger charge is 2.39. The molecule has 0 saturated heterocycles. The van der Waals surface area contributed by atoms with Crippen molar-refractivity contribution in [2.75, 3.05) is 7.11 Å². The zero-order chi connectivity index (χ0) is 10.8. The molecule has 0 heterocycles. The van der Waals surface area contributed by atoms with Gasteiger partial charge in [-0.05, 0) is 36.0 Å². The summed E-state index contributed by atoms with van der Waals surface area (Å²) in [6.07, 6.45) is 1.29. The Kier molecular flexibility index (Phi) is 2.62. The minimum Gasteiger partial charge on any atom is -0.497 e. The standard InChI is InChI=1S/C12H14O3/c1-15-10-4-2-8(3-5-10)11-6-9(11)7-12(13)14/h2-5,9,11H,6-7H2,1H3,(H,13,14)/t9-,11-/m0/s1. The van der Waals surface area contributed by atoms with Gasteiger partial charge in [-0.2, -0.15) is 0 Å². The van der Waals surface area contributed by atoms with Crippen LogP contribution >= 0.6 is 0 Å². The number of hydrogen-bond acceptors (Lipinski definition) is 2. The first-order chi connectivity index (χ1) is 7.20. The number of carboxylic acid groups (broad SMARTS) is 1. The summed E-state index contributed by atoms with van der Waals surface area (Å²) in [6.45, 7) is 0. The van der Waals surface area contributed by atoms with Crippen LogP contribution in [0.2, 0.25) is 0 Å². The average molecular weight is 206 g/mol. The van der Waals surface area contributed by atoms with Crippen molar-refractivity contribution in [1.82, 2.24) is 0 Å². The Hall–Kier alpha value is -1.51. The maximum absolute atomic E-state index is 10.5. The Morgan fingerprint density at radius 3 is 2.67 bits per heavy atom. The van der Waals surface area contributed by atoms with Crippen LogP contribution in [0.1, 0.15) is 24.3 Å². The van der Waals surface area contributed by atoms with Crippen LogP contribution in [0.25, 0.3) is 0 Å². The van der Waals surface area contributed by atoms with Gasteiger partial charge in [0.15, 0.2) is 0 Å². The molecule has 0 radical (unpaired) electrons.